The molecule has 1 spiro atoms. The number of carbonyl (C=O) groups is 3. The minimum absolute atomic E-state index is 0.0424. The van der Waals surface area contributed by atoms with Gasteiger partial charge in [-0.1, -0.05) is 23.3 Å². The molecule has 1 saturated heterocycles. The van der Waals surface area contributed by atoms with E-state index in [0.29, 0.717) is 30.0 Å². The third kappa shape index (κ3) is 4.35. The number of allylic oxidation sites excluding steroid dienone is 2. The lowest BCUT2D eigenvalue weighted by Crippen LogP contribution is -2.44. The molecule has 4 rings (SSSR count). The summed E-state index contributed by atoms with van der Waals surface area (Å²) >= 11 is 5.94. The molecule has 6 nitrogen and oxygen atoms in total. The molecule has 1 saturated carbocycles. The fraction of sp³-hybridized carbons (Fsp3) is 0.455. The number of hydrogen-bond acceptors (Lipinski definition) is 4. The van der Waals surface area contributed by atoms with Gasteiger partial charge in [0.05, 0.1) is 12.0 Å². The molecule has 150 valence electrons. The van der Waals surface area contributed by atoms with Crippen LogP contribution in [0.3, 0.4) is 0 Å². The number of likely N-dealkylation sites (tertiary alicyclic amines) is 1. The van der Waals surface area contributed by atoms with Gasteiger partial charge in [-0.2, -0.15) is 5.26 Å². The average molecular weight is 412 g/mol. The van der Waals surface area contributed by atoms with Gasteiger partial charge in [-0.15, -0.1) is 0 Å². The van der Waals surface area contributed by atoms with Crippen LogP contribution in [0.25, 0.3) is 0 Å². The van der Waals surface area contributed by atoms with Gasteiger partial charge < -0.3 is 4.90 Å². The lowest BCUT2D eigenvalue weighted by atomic mass is 9.95. The number of benzene rings is 1. The number of rotatable bonds is 7. The van der Waals surface area contributed by atoms with Crippen LogP contribution >= 0.6 is 11.6 Å². The Hall–Kier alpha value is -2.65. The minimum atomic E-state index is -0.550. The Labute approximate surface area is 174 Å². The Morgan fingerprint density at radius 2 is 1.97 bits per heavy atom. The number of amides is 2. The number of nitrogens with one attached hydrogen (secondary N) is 1. The third-order valence-electron chi connectivity index (χ3n) is 6.16. The number of Topliss-reactive ketones (excluding diaryl/α,β-unsaturated/α-hetero) is 1. The number of hydrogen-bond donors (Lipinski definition) is 1. The molecule has 2 fully saturated rings. The lowest BCUT2D eigenvalue weighted by molar-refractivity contribution is -0.138. The van der Waals surface area contributed by atoms with E-state index in [1.807, 2.05) is 6.08 Å². The van der Waals surface area contributed by atoms with E-state index in [1.165, 1.54) is 0 Å². The molecule has 0 bridgehead atoms. The second-order valence-electron chi connectivity index (χ2n) is 8.39. The molecule has 1 aromatic carbocycles. The number of nitriles is 1. The molecular formula is C22H22ClN3O3. The summed E-state index contributed by atoms with van der Waals surface area (Å²) in [6.07, 6.45) is 7.68. The maximum atomic E-state index is 13.4. The summed E-state index contributed by atoms with van der Waals surface area (Å²) in [7, 11) is 0. The highest BCUT2D eigenvalue weighted by atomic mass is 35.5. The molecule has 0 unspecified atom stereocenters. The number of ketones is 1. The van der Waals surface area contributed by atoms with Crippen LogP contribution in [0.5, 0.6) is 0 Å². The normalized spacial score (nSPS) is 21.9. The van der Waals surface area contributed by atoms with E-state index in [1.54, 1.807) is 35.4 Å². The zero-order valence-electron chi connectivity index (χ0n) is 16.0. The molecule has 1 aromatic rings. The molecule has 1 aliphatic heterocycles. The summed E-state index contributed by atoms with van der Waals surface area (Å²) in [4.78, 5) is 40.3. The first-order valence-electron chi connectivity index (χ1n) is 9.87. The van der Waals surface area contributed by atoms with Gasteiger partial charge in [-0.25, -0.2) is 0 Å². The van der Waals surface area contributed by atoms with Crippen molar-refractivity contribution in [1.82, 2.24) is 10.2 Å². The second kappa shape index (κ2) is 7.64. The van der Waals surface area contributed by atoms with Gasteiger partial charge in [0.25, 0.3) is 0 Å². The van der Waals surface area contributed by atoms with Crippen LogP contribution in [0.15, 0.2) is 35.9 Å². The minimum Gasteiger partial charge on any atom is -0.331 e. The summed E-state index contributed by atoms with van der Waals surface area (Å²) in [5.41, 5.74) is 1.73. The van der Waals surface area contributed by atoms with E-state index in [-0.39, 0.29) is 23.5 Å². The highest BCUT2D eigenvalue weighted by Gasteiger charge is 2.55. The highest BCUT2D eigenvalue weighted by Crippen LogP contribution is 2.55. The first-order chi connectivity index (χ1) is 13.9. The van der Waals surface area contributed by atoms with Crippen molar-refractivity contribution in [2.45, 2.75) is 44.6 Å². The summed E-state index contributed by atoms with van der Waals surface area (Å²) in [5, 5.41) is 11.4. The Bertz CT molecular complexity index is 928. The Kier molecular flexibility index (Phi) is 5.18. The molecule has 7 heteroatoms. The molecule has 2 atom stereocenters. The van der Waals surface area contributed by atoms with Gasteiger partial charge in [0.2, 0.25) is 11.8 Å². The fourth-order valence-electron chi connectivity index (χ4n) is 4.24. The Morgan fingerprint density at radius 1 is 1.28 bits per heavy atom. The fourth-order valence-corrected chi connectivity index (χ4v) is 4.37. The van der Waals surface area contributed by atoms with Crippen molar-refractivity contribution in [3.8, 4) is 6.19 Å². The van der Waals surface area contributed by atoms with E-state index in [2.05, 4.69) is 5.32 Å². The summed E-state index contributed by atoms with van der Waals surface area (Å²) in [6.45, 7) is 0.561. The standard InChI is InChI=1S/C22H22ClN3O3/c23-17-5-3-15(4-6-17)20(28)18-11-22(7-8-22)12-26(18)21(29)16(9-14-1-2-14)10-19(27)25-13-24/h1,3-6,16,18H,2,7-12H2,(H,25,27)/t16-,18+/m1/s1. The maximum absolute atomic E-state index is 13.4. The summed E-state index contributed by atoms with van der Waals surface area (Å²) in [5.74, 6) is -1.26. The SMILES string of the molecule is N#CNC(=O)C[C@@H](CC1=CC1)C(=O)N1CC2(CC2)C[C@H]1C(=O)c1ccc(Cl)cc1. The number of halogens is 1. The summed E-state index contributed by atoms with van der Waals surface area (Å²) in [6, 6.07) is 6.23. The predicted octanol–water partition coefficient (Wildman–Crippen LogP) is 3.23. The van der Waals surface area contributed by atoms with Crippen LogP contribution in [-0.2, 0) is 9.59 Å². The van der Waals surface area contributed by atoms with Crippen LogP contribution in [-0.4, -0.2) is 35.1 Å². The maximum Gasteiger partial charge on any atom is 0.233 e. The van der Waals surface area contributed by atoms with E-state index in [4.69, 9.17) is 16.9 Å². The predicted molar refractivity (Wildman–Crippen MR) is 107 cm³/mol. The Morgan fingerprint density at radius 3 is 2.55 bits per heavy atom. The van der Waals surface area contributed by atoms with E-state index in [0.717, 1.165) is 24.8 Å². The van der Waals surface area contributed by atoms with Crippen molar-refractivity contribution >= 4 is 29.2 Å². The molecule has 1 heterocycles. The topological polar surface area (TPSA) is 90.3 Å². The van der Waals surface area contributed by atoms with Crippen molar-refractivity contribution in [3.05, 3.63) is 46.5 Å². The van der Waals surface area contributed by atoms with Gasteiger partial charge in [-0.05, 0) is 61.8 Å². The quantitative estimate of drug-likeness (QED) is 0.323. The van der Waals surface area contributed by atoms with Crippen LogP contribution in [0, 0.1) is 22.8 Å². The van der Waals surface area contributed by atoms with E-state index >= 15 is 0 Å². The largest absolute Gasteiger partial charge is 0.331 e. The van der Waals surface area contributed by atoms with Crippen molar-refractivity contribution in [2.75, 3.05) is 6.54 Å². The molecule has 0 radical (unpaired) electrons. The number of carbonyl (C=O) groups excluding carboxylic acids is 3. The van der Waals surface area contributed by atoms with Crippen LogP contribution < -0.4 is 5.32 Å². The molecule has 1 N–H and O–H groups in total. The van der Waals surface area contributed by atoms with Gasteiger partial charge in [0.15, 0.2) is 12.0 Å². The van der Waals surface area contributed by atoms with Gasteiger partial charge >= 0.3 is 0 Å². The third-order valence-corrected chi connectivity index (χ3v) is 6.41. The monoisotopic (exact) mass is 411 g/mol. The zero-order chi connectivity index (χ0) is 20.6. The molecule has 2 amide bonds. The average Bonchev–Trinajstić information content (AvgIpc) is 3.60. The lowest BCUT2D eigenvalue weighted by Gasteiger charge is -2.28. The van der Waals surface area contributed by atoms with Gasteiger partial charge in [-0.3, -0.25) is 19.7 Å². The Balaban J connectivity index is 1.55. The van der Waals surface area contributed by atoms with Crippen molar-refractivity contribution in [1.29, 1.82) is 5.26 Å². The first-order valence-corrected chi connectivity index (χ1v) is 10.2. The molecule has 29 heavy (non-hydrogen) atoms. The summed E-state index contributed by atoms with van der Waals surface area (Å²) < 4.78 is 0. The van der Waals surface area contributed by atoms with Gasteiger partial charge in [0.1, 0.15) is 0 Å². The van der Waals surface area contributed by atoms with Crippen LogP contribution in [0.1, 0.15) is 48.9 Å². The zero-order valence-corrected chi connectivity index (χ0v) is 16.7. The van der Waals surface area contributed by atoms with Crippen molar-refractivity contribution in [3.63, 3.8) is 0 Å². The van der Waals surface area contributed by atoms with E-state index in [9.17, 15) is 14.4 Å². The van der Waals surface area contributed by atoms with Crippen molar-refractivity contribution in [2.24, 2.45) is 11.3 Å². The molecular weight excluding hydrogens is 390 g/mol. The van der Waals surface area contributed by atoms with Crippen LogP contribution in [0.4, 0.5) is 0 Å². The second-order valence-corrected chi connectivity index (χ2v) is 8.83. The molecule has 2 aliphatic carbocycles. The smallest absolute Gasteiger partial charge is 0.233 e. The van der Waals surface area contributed by atoms with E-state index < -0.39 is 17.9 Å². The highest BCUT2D eigenvalue weighted by molar-refractivity contribution is 6.30. The van der Waals surface area contributed by atoms with Crippen LogP contribution in [0.2, 0.25) is 5.02 Å². The number of nitrogens with zero attached hydrogens (tertiary/aromatic N) is 2. The van der Waals surface area contributed by atoms with Crippen molar-refractivity contribution < 1.29 is 14.4 Å². The molecule has 3 aliphatic rings. The first kappa shape index (κ1) is 19.7. The molecule has 0 aromatic heterocycles. The van der Waals surface area contributed by atoms with Gasteiger partial charge in [0, 0.05) is 23.6 Å².